The molecule has 1 atom stereocenters. The van der Waals surface area contributed by atoms with Crippen molar-refractivity contribution in [1.82, 2.24) is 20.4 Å². The molecule has 10 heteroatoms. The highest BCUT2D eigenvalue weighted by Crippen LogP contribution is 2.30. The summed E-state index contributed by atoms with van der Waals surface area (Å²) in [6.45, 7) is 3.28. The molecule has 0 saturated carbocycles. The number of morpholine rings is 1. The summed E-state index contributed by atoms with van der Waals surface area (Å²) < 4.78 is 34.0. The Balaban J connectivity index is 1.63. The van der Waals surface area contributed by atoms with Gasteiger partial charge in [0.1, 0.15) is 11.6 Å². The highest BCUT2D eigenvalue weighted by Gasteiger charge is 2.27. The van der Waals surface area contributed by atoms with Gasteiger partial charge in [0.2, 0.25) is 5.91 Å². The highest BCUT2D eigenvalue weighted by molar-refractivity contribution is 6.30. The lowest BCUT2D eigenvalue weighted by atomic mass is 9.99. The molecule has 2 N–H and O–H groups in total. The van der Waals surface area contributed by atoms with Gasteiger partial charge in [-0.1, -0.05) is 23.7 Å². The number of aromatic nitrogens is 2. The van der Waals surface area contributed by atoms with Crippen LogP contribution in [0.25, 0.3) is 11.3 Å². The molecule has 1 saturated heterocycles. The zero-order chi connectivity index (χ0) is 24.2. The summed E-state index contributed by atoms with van der Waals surface area (Å²) in [7, 11) is 0. The van der Waals surface area contributed by atoms with Crippen molar-refractivity contribution >= 4 is 23.4 Å². The number of halogens is 3. The van der Waals surface area contributed by atoms with Gasteiger partial charge in [0.15, 0.2) is 0 Å². The lowest BCUT2D eigenvalue weighted by Crippen LogP contribution is -2.42. The fourth-order valence-corrected chi connectivity index (χ4v) is 4.14. The Bertz CT molecular complexity index is 1210. The van der Waals surface area contributed by atoms with Gasteiger partial charge in [-0.3, -0.25) is 14.7 Å². The maximum absolute atomic E-state index is 14.6. The minimum atomic E-state index is -0.706. The third-order valence-corrected chi connectivity index (χ3v) is 6.02. The van der Waals surface area contributed by atoms with E-state index in [4.69, 9.17) is 16.3 Å². The molecule has 0 aliphatic carbocycles. The van der Waals surface area contributed by atoms with Gasteiger partial charge >= 0.3 is 0 Å². The minimum Gasteiger partial charge on any atom is -0.378 e. The standard InChI is InChI=1S/C24H23ClF2N4O3/c1-14-18(26)5-6-19(27)22(14)23-17(13-28-30-23)24(33)29-20(15-3-2-4-16(25)11-15)12-21(32)31-7-9-34-10-8-31/h2-6,11,13,20H,7-10,12H2,1H3,(H,28,30)(H,29,33)/t20-/m0/s1. The van der Waals surface area contributed by atoms with Crippen LogP contribution in [0.15, 0.2) is 42.6 Å². The van der Waals surface area contributed by atoms with E-state index in [-0.39, 0.29) is 34.7 Å². The molecule has 0 bridgehead atoms. The van der Waals surface area contributed by atoms with Crippen molar-refractivity contribution in [3.8, 4) is 11.3 Å². The Morgan fingerprint density at radius 1 is 1.21 bits per heavy atom. The fraction of sp³-hybridized carbons (Fsp3) is 0.292. The maximum Gasteiger partial charge on any atom is 0.255 e. The molecule has 2 aromatic carbocycles. The van der Waals surface area contributed by atoms with Crippen LogP contribution in [0.2, 0.25) is 5.02 Å². The Morgan fingerprint density at radius 3 is 2.68 bits per heavy atom. The van der Waals surface area contributed by atoms with E-state index in [1.807, 2.05) is 0 Å². The third-order valence-electron chi connectivity index (χ3n) is 5.78. The van der Waals surface area contributed by atoms with Crippen LogP contribution in [0.1, 0.15) is 33.9 Å². The summed E-state index contributed by atoms with van der Waals surface area (Å²) in [4.78, 5) is 27.9. The van der Waals surface area contributed by atoms with Crippen LogP contribution in [0.5, 0.6) is 0 Å². The number of hydrogen-bond acceptors (Lipinski definition) is 4. The molecule has 1 aliphatic heterocycles. The van der Waals surface area contributed by atoms with Gasteiger partial charge in [-0.2, -0.15) is 5.10 Å². The molecule has 34 heavy (non-hydrogen) atoms. The molecule has 0 radical (unpaired) electrons. The van der Waals surface area contributed by atoms with Gasteiger partial charge in [0.05, 0.1) is 43.1 Å². The summed E-state index contributed by atoms with van der Waals surface area (Å²) in [5.74, 6) is -2.03. The van der Waals surface area contributed by atoms with Crippen LogP contribution < -0.4 is 5.32 Å². The number of hydrogen-bond donors (Lipinski definition) is 2. The molecule has 1 aromatic heterocycles. The van der Waals surface area contributed by atoms with Crippen molar-refractivity contribution in [2.24, 2.45) is 0 Å². The molecule has 1 fully saturated rings. The zero-order valence-electron chi connectivity index (χ0n) is 18.4. The fourth-order valence-electron chi connectivity index (χ4n) is 3.94. The second-order valence-corrected chi connectivity index (χ2v) is 8.40. The SMILES string of the molecule is Cc1c(F)ccc(F)c1-c1[nH]ncc1C(=O)N[C@@H](CC(=O)N1CCOCC1)c1cccc(Cl)c1. The van der Waals surface area contributed by atoms with E-state index < -0.39 is 23.6 Å². The molecule has 7 nitrogen and oxygen atoms in total. The molecule has 2 heterocycles. The van der Waals surface area contributed by atoms with Crippen molar-refractivity contribution in [2.75, 3.05) is 26.3 Å². The first-order chi connectivity index (χ1) is 16.3. The molecule has 0 spiro atoms. The monoisotopic (exact) mass is 488 g/mol. The summed E-state index contributed by atoms with van der Waals surface area (Å²) in [5.41, 5.74) is 0.689. The first-order valence-corrected chi connectivity index (χ1v) is 11.1. The minimum absolute atomic E-state index is 0.00732. The Morgan fingerprint density at radius 2 is 1.94 bits per heavy atom. The second kappa shape index (κ2) is 10.3. The van der Waals surface area contributed by atoms with Crippen molar-refractivity contribution < 1.29 is 23.1 Å². The molecular weight excluding hydrogens is 466 g/mol. The average Bonchev–Trinajstić information content (AvgIpc) is 3.31. The van der Waals surface area contributed by atoms with Gasteiger partial charge in [-0.15, -0.1) is 0 Å². The molecular formula is C24H23ClF2N4O3. The number of H-pyrrole nitrogens is 1. The Hall–Kier alpha value is -3.30. The van der Waals surface area contributed by atoms with Gasteiger partial charge in [-0.05, 0) is 42.3 Å². The highest BCUT2D eigenvalue weighted by atomic mass is 35.5. The number of rotatable bonds is 6. The lowest BCUT2D eigenvalue weighted by Gasteiger charge is -2.29. The molecule has 0 unspecified atom stereocenters. The number of carbonyl (C=O) groups excluding carboxylic acids is 2. The quantitative estimate of drug-likeness (QED) is 0.548. The normalized spacial score (nSPS) is 14.6. The Labute approximate surface area is 200 Å². The number of carbonyl (C=O) groups is 2. The van der Waals surface area contributed by atoms with Crippen molar-refractivity contribution in [3.05, 3.63) is 75.9 Å². The predicted molar refractivity (Wildman–Crippen MR) is 122 cm³/mol. The van der Waals surface area contributed by atoms with Crippen LogP contribution in [0.3, 0.4) is 0 Å². The van der Waals surface area contributed by atoms with Gasteiger partial charge in [0, 0.05) is 23.7 Å². The van der Waals surface area contributed by atoms with Crippen molar-refractivity contribution in [3.63, 3.8) is 0 Å². The summed E-state index contributed by atoms with van der Waals surface area (Å²) in [6, 6.07) is 8.17. The van der Waals surface area contributed by atoms with Crippen LogP contribution >= 0.6 is 11.6 Å². The van der Waals surface area contributed by atoms with Crippen molar-refractivity contribution in [1.29, 1.82) is 0 Å². The maximum atomic E-state index is 14.6. The predicted octanol–water partition coefficient (Wildman–Crippen LogP) is 4.04. The lowest BCUT2D eigenvalue weighted by molar-refractivity contribution is -0.135. The largest absolute Gasteiger partial charge is 0.378 e. The molecule has 178 valence electrons. The number of ether oxygens (including phenoxy) is 1. The third kappa shape index (κ3) is 5.10. The second-order valence-electron chi connectivity index (χ2n) is 7.97. The van der Waals surface area contributed by atoms with Crippen molar-refractivity contribution in [2.45, 2.75) is 19.4 Å². The number of benzene rings is 2. The number of aromatic amines is 1. The summed E-state index contributed by atoms with van der Waals surface area (Å²) in [5, 5.41) is 9.77. The van der Waals surface area contributed by atoms with E-state index >= 15 is 0 Å². The van der Waals surface area contributed by atoms with Crippen LogP contribution in [0.4, 0.5) is 8.78 Å². The topological polar surface area (TPSA) is 87.3 Å². The first kappa shape index (κ1) is 23.8. The number of amides is 2. The van der Waals surface area contributed by atoms with E-state index in [1.165, 1.54) is 13.1 Å². The van der Waals surface area contributed by atoms with E-state index in [0.717, 1.165) is 12.1 Å². The molecule has 3 aromatic rings. The van der Waals surface area contributed by atoms with Crippen LogP contribution in [-0.2, 0) is 9.53 Å². The van der Waals surface area contributed by atoms with Gasteiger partial charge in [0.25, 0.3) is 5.91 Å². The van der Waals surface area contributed by atoms with E-state index in [1.54, 1.807) is 29.2 Å². The number of nitrogens with zero attached hydrogens (tertiary/aromatic N) is 2. The summed E-state index contributed by atoms with van der Waals surface area (Å²) >= 11 is 6.15. The Kier molecular flexibility index (Phi) is 7.23. The van der Waals surface area contributed by atoms with Gasteiger partial charge < -0.3 is 15.0 Å². The van der Waals surface area contributed by atoms with Crippen LogP contribution in [0, 0.1) is 18.6 Å². The average molecular weight is 489 g/mol. The smallest absolute Gasteiger partial charge is 0.255 e. The molecule has 1 aliphatic rings. The van der Waals surface area contributed by atoms with Gasteiger partial charge in [-0.25, -0.2) is 8.78 Å². The zero-order valence-corrected chi connectivity index (χ0v) is 19.2. The first-order valence-electron chi connectivity index (χ1n) is 10.8. The summed E-state index contributed by atoms with van der Waals surface area (Å²) in [6.07, 6.45) is 1.24. The van der Waals surface area contributed by atoms with E-state index in [2.05, 4.69) is 15.5 Å². The van der Waals surface area contributed by atoms with E-state index in [9.17, 15) is 18.4 Å². The molecule has 2 amide bonds. The van der Waals surface area contributed by atoms with E-state index in [0.29, 0.717) is 36.9 Å². The molecule has 4 rings (SSSR count). The number of nitrogens with one attached hydrogen (secondary N) is 2. The van der Waals surface area contributed by atoms with Crippen LogP contribution in [-0.4, -0.2) is 53.2 Å².